The lowest BCUT2D eigenvalue weighted by Gasteiger charge is -2.25. The lowest BCUT2D eigenvalue weighted by Crippen LogP contribution is -2.32. The number of nitroso groups, excluding NO2 is 1. The van der Waals surface area contributed by atoms with Crippen LogP contribution in [0.5, 0.6) is 0 Å². The van der Waals surface area contributed by atoms with E-state index in [0.29, 0.717) is 172 Å². The number of hydrogen-bond acceptors (Lipinski definition) is 17. The average molecular weight is 1470 g/mol. The van der Waals surface area contributed by atoms with Gasteiger partial charge in [-0.2, -0.15) is 0 Å². The third-order valence-corrected chi connectivity index (χ3v) is 14.9. The standard InChI is InChI=1S/C19H39NO5.C19H38NO3.C15H31NO3.C12H26O2.C9H18O3.C8H18O/c1-17(2)5-6-19(21)20-8-10-23-12-14-25-16-15-24-13-11-22-9-7-18(3)4;1-16(2)9-11-22-13-14-23-12-10-20(21)19-7-5-18(6-8-19)15-17(3)4;1-13(2)5-6-15(17)16-8-10-19-12-11-18-9-7-14(3)4;1-11(2)5-7-13-9-10-14-8-6-12(3)4;1-7(2)5-11-6-9(10)12-8(3)4;1-7(2)5-9-6-8(3)4/h17-18H,5-16H2,1-4H3,(H,20,21);16-19H,5-15H2,1-4H3;13-14H,5-12H2,1-4H3,(H,16,17);11-12H,5-10H2,1-4H3;7-8H,5-6H2,1-4H3;7-8H,5-6H2,1-4H3/q;+1;;;;. The largest absolute Gasteiger partial charge is 0.461 e. The third-order valence-electron chi connectivity index (χ3n) is 14.9. The molecule has 0 bridgehead atoms. The van der Waals surface area contributed by atoms with Gasteiger partial charge in [-0.05, 0) is 149 Å². The van der Waals surface area contributed by atoms with Crippen LogP contribution in [0.1, 0.15) is 256 Å². The Hall–Kier alpha value is -2.47. The number of esters is 1. The number of nitrogens with zero attached hydrogens (tertiary/aromatic N) is 1. The van der Waals surface area contributed by atoms with Gasteiger partial charge in [-0.15, -0.1) is 0 Å². The number of rotatable bonds is 60. The minimum atomic E-state index is -0.286. The van der Waals surface area contributed by atoms with Crippen LogP contribution in [0, 0.1) is 75.9 Å². The van der Waals surface area contributed by atoms with Gasteiger partial charge in [0.1, 0.15) is 13.2 Å². The molecule has 0 saturated heterocycles. The first-order valence-electron chi connectivity index (χ1n) is 40.4. The summed E-state index contributed by atoms with van der Waals surface area (Å²) in [5.41, 5.74) is 0. The normalized spacial score (nSPS) is 13.7. The van der Waals surface area contributed by atoms with Crippen molar-refractivity contribution in [1.82, 2.24) is 10.6 Å². The maximum Gasteiger partial charge on any atom is 0.332 e. The van der Waals surface area contributed by atoms with Crippen molar-refractivity contribution >= 4 is 17.8 Å². The zero-order chi connectivity index (χ0) is 78.0. The topological polar surface area (TPSA) is 215 Å². The molecule has 2 amide bonds. The van der Waals surface area contributed by atoms with Crippen LogP contribution in [-0.2, 0) is 76.0 Å². The van der Waals surface area contributed by atoms with E-state index >= 15 is 0 Å². The Morgan fingerprint density at radius 2 is 0.588 bits per heavy atom. The second kappa shape index (κ2) is 81.1. The van der Waals surface area contributed by atoms with Gasteiger partial charge in [0.05, 0.1) is 98.6 Å². The molecule has 0 atom stereocenters. The first-order chi connectivity index (χ1) is 48.3. The molecule has 0 aromatic heterocycles. The molecule has 1 saturated carbocycles. The highest BCUT2D eigenvalue weighted by Crippen LogP contribution is 2.30. The number of carbonyl (C=O) groups excluding carboxylic acids is 3. The molecule has 614 valence electrons. The van der Waals surface area contributed by atoms with Crippen LogP contribution in [0.25, 0.3) is 0 Å². The second-order valence-electron chi connectivity index (χ2n) is 31.8. The predicted octanol–water partition coefficient (Wildman–Crippen LogP) is 16.8. The van der Waals surface area contributed by atoms with Gasteiger partial charge in [0.2, 0.25) is 24.4 Å². The van der Waals surface area contributed by atoms with Crippen molar-refractivity contribution in [3.63, 3.8) is 0 Å². The van der Waals surface area contributed by atoms with E-state index in [2.05, 4.69) is 149 Å². The van der Waals surface area contributed by atoms with Crippen molar-refractivity contribution in [2.24, 2.45) is 71.0 Å². The smallest absolute Gasteiger partial charge is 0.332 e. The van der Waals surface area contributed by atoms with Crippen LogP contribution in [-0.4, -0.2) is 213 Å². The van der Waals surface area contributed by atoms with E-state index in [1.165, 1.54) is 24.0 Å². The molecule has 2 N–H and O–H groups in total. The molecule has 0 aliphatic heterocycles. The fourth-order valence-corrected chi connectivity index (χ4v) is 8.75. The Morgan fingerprint density at radius 1 is 0.314 bits per heavy atom. The highest BCUT2D eigenvalue weighted by atomic mass is 16.6. The lowest BCUT2D eigenvalue weighted by molar-refractivity contribution is -0.592. The van der Waals surface area contributed by atoms with Crippen LogP contribution < -0.4 is 10.6 Å². The Bertz CT molecular complexity index is 1710. The Labute approximate surface area is 628 Å². The van der Waals surface area contributed by atoms with E-state index in [-0.39, 0.29) is 36.5 Å². The minimum Gasteiger partial charge on any atom is -0.461 e. The highest BCUT2D eigenvalue weighted by molar-refractivity contribution is 5.76. The zero-order valence-electron chi connectivity index (χ0n) is 71.0. The lowest BCUT2D eigenvalue weighted by atomic mass is 9.81. The van der Waals surface area contributed by atoms with Crippen molar-refractivity contribution < 1.29 is 80.7 Å². The summed E-state index contributed by atoms with van der Waals surface area (Å²) in [6.45, 7) is 68.6. The predicted molar refractivity (Wildman–Crippen MR) is 421 cm³/mol. The van der Waals surface area contributed by atoms with Gasteiger partial charge in [0.25, 0.3) is 0 Å². The van der Waals surface area contributed by atoms with Gasteiger partial charge >= 0.3 is 5.97 Å². The Balaban J connectivity index is -0.000000380. The van der Waals surface area contributed by atoms with Gasteiger partial charge in [0.15, 0.2) is 0 Å². The number of amides is 2. The molecule has 1 fully saturated rings. The summed E-state index contributed by atoms with van der Waals surface area (Å²) >= 11 is 0. The summed E-state index contributed by atoms with van der Waals surface area (Å²) in [7, 11) is 0. The molecule has 1 aliphatic rings. The molecule has 0 heterocycles. The van der Waals surface area contributed by atoms with Gasteiger partial charge in [0, 0.05) is 101 Å². The quantitative estimate of drug-likeness (QED) is 0.0329. The van der Waals surface area contributed by atoms with Crippen LogP contribution in [0.3, 0.4) is 0 Å². The fraction of sp³-hybridized carbons (Fsp3) is 0.963. The van der Waals surface area contributed by atoms with Gasteiger partial charge in [-0.3, -0.25) is 9.59 Å². The van der Waals surface area contributed by atoms with Gasteiger partial charge in [-0.1, -0.05) is 152 Å². The van der Waals surface area contributed by atoms with Crippen molar-refractivity contribution in [2.45, 2.75) is 268 Å². The summed E-state index contributed by atoms with van der Waals surface area (Å²) in [5, 5.41) is 5.70. The maximum absolute atomic E-state index is 12.1. The molecule has 20 heteroatoms. The molecule has 0 radical (unpaired) electrons. The average Bonchev–Trinajstić information content (AvgIpc) is 0.887. The molecule has 0 aromatic carbocycles. The molecule has 20 nitrogen and oxygen atoms in total. The number of carbonyl (C=O) groups is 3. The zero-order valence-corrected chi connectivity index (χ0v) is 71.0. The van der Waals surface area contributed by atoms with E-state index in [9.17, 15) is 19.3 Å². The summed E-state index contributed by atoms with van der Waals surface area (Å²) < 4.78 is 70.9. The van der Waals surface area contributed by atoms with E-state index in [1.54, 1.807) is 0 Å². The summed E-state index contributed by atoms with van der Waals surface area (Å²) in [4.78, 5) is 45.9. The van der Waals surface area contributed by atoms with Crippen LogP contribution in [0.4, 0.5) is 0 Å². The summed E-state index contributed by atoms with van der Waals surface area (Å²) in [5.74, 6) is 7.97. The highest BCUT2D eigenvalue weighted by Gasteiger charge is 2.31. The fourth-order valence-electron chi connectivity index (χ4n) is 8.75. The molecule has 102 heavy (non-hydrogen) atoms. The first kappa shape index (κ1) is 108. The van der Waals surface area contributed by atoms with Crippen LogP contribution >= 0.6 is 0 Å². The van der Waals surface area contributed by atoms with Gasteiger partial charge in [-0.25, -0.2) is 4.79 Å². The molecular weight excluding hydrogens is 1300 g/mol. The second-order valence-corrected chi connectivity index (χ2v) is 31.8. The minimum absolute atomic E-state index is 0.0554. The van der Waals surface area contributed by atoms with E-state index < -0.39 is 0 Å². The Kier molecular flexibility index (Phi) is 85.9. The molecule has 0 spiro atoms. The molecule has 1 rings (SSSR count). The van der Waals surface area contributed by atoms with E-state index in [4.69, 9.17) is 61.6 Å². The van der Waals surface area contributed by atoms with Crippen molar-refractivity contribution in [2.75, 3.05) is 178 Å². The molecule has 1 aliphatic carbocycles. The number of ether oxygens (including phenoxy) is 13. The van der Waals surface area contributed by atoms with Crippen LogP contribution in [0.15, 0.2) is 0 Å². The SMILES string of the molecule is CC(C)CCOCCOCCC(C)C.CC(C)CCOCCOCCNC(=O)CCC(C)C.CC(C)CCOCCOCCOCCOCCNC(=O)CCC(C)C.CC(C)CCOCCOCC[N+](=O)C1CCC(CC(C)C)CC1.CC(C)COCC(=O)OC(C)C.CC(C)COCC(C)C. The van der Waals surface area contributed by atoms with Crippen molar-refractivity contribution in [3.8, 4) is 0 Å². The first-order valence-corrected chi connectivity index (χ1v) is 40.4. The monoisotopic (exact) mass is 1470 g/mol. The summed E-state index contributed by atoms with van der Waals surface area (Å²) in [6, 6.07) is 0.212. The molecule has 0 aromatic rings. The number of hydrogen-bond donors (Lipinski definition) is 2. The number of nitrogens with one attached hydrogen (secondary N) is 2. The van der Waals surface area contributed by atoms with Crippen LogP contribution in [0.2, 0.25) is 0 Å². The summed E-state index contributed by atoms with van der Waals surface area (Å²) in [6.07, 6.45) is 14.4. The maximum atomic E-state index is 12.1. The molecule has 0 unspecified atom stereocenters. The van der Waals surface area contributed by atoms with E-state index in [0.717, 1.165) is 141 Å². The van der Waals surface area contributed by atoms with E-state index in [1.807, 2.05) is 27.7 Å². The van der Waals surface area contributed by atoms with Gasteiger partial charge < -0.3 is 72.2 Å². The Morgan fingerprint density at radius 3 is 0.863 bits per heavy atom. The van der Waals surface area contributed by atoms with Crippen molar-refractivity contribution in [1.29, 1.82) is 0 Å². The molecular formula is C82H170N3O17+. The third kappa shape index (κ3) is 104. The van der Waals surface area contributed by atoms with Crippen molar-refractivity contribution in [3.05, 3.63) is 4.91 Å².